The molecule has 1 N–H and O–H groups in total. The number of hydrogen-bond acceptors (Lipinski definition) is 4. The Morgan fingerprint density at radius 3 is 2.57 bits per heavy atom. The lowest BCUT2D eigenvalue weighted by molar-refractivity contribution is -0.168. The first-order valence-corrected chi connectivity index (χ1v) is 7.46. The fourth-order valence-electron chi connectivity index (χ4n) is 3.01. The van der Waals surface area contributed by atoms with Gasteiger partial charge in [0, 0.05) is 0 Å². The molecule has 5 nitrogen and oxygen atoms in total. The number of carbonyl (C=O) groups is 1. The van der Waals surface area contributed by atoms with E-state index >= 15 is 0 Å². The van der Waals surface area contributed by atoms with Crippen molar-refractivity contribution >= 4 is 5.91 Å². The molecule has 0 aromatic heterocycles. The Labute approximate surface area is 124 Å². The summed E-state index contributed by atoms with van der Waals surface area (Å²) in [6, 6.07) is 7.35. The maximum atomic E-state index is 12.5. The third-order valence-electron chi connectivity index (χ3n) is 4.08. The van der Waals surface area contributed by atoms with Crippen molar-refractivity contribution < 1.29 is 19.4 Å². The van der Waals surface area contributed by atoms with E-state index in [-0.39, 0.29) is 12.0 Å². The molecule has 2 aliphatic heterocycles. The van der Waals surface area contributed by atoms with Gasteiger partial charge in [-0.05, 0) is 25.5 Å². The van der Waals surface area contributed by atoms with Gasteiger partial charge >= 0.3 is 0 Å². The van der Waals surface area contributed by atoms with Crippen molar-refractivity contribution in [1.29, 1.82) is 0 Å². The summed E-state index contributed by atoms with van der Waals surface area (Å²) in [5.74, 6) is 1.15. The molecule has 2 aliphatic rings. The average Bonchev–Trinajstić information content (AvgIpc) is 2.43. The summed E-state index contributed by atoms with van der Waals surface area (Å²) in [5.41, 5.74) is -0.721. The van der Waals surface area contributed by atoms with E-state index in [0.29, 0.717) is 24.6 Å². The SMILES string of the molecule is CCCC1(O)CN(C(=O)C2Oc3ccccc3OC2C)C1. The molecule has 0 saturated carbocycles. The molecule has 0 radical (unpaired) electrons. The van der Waals surface area contributed by atoms with E-state index < -0.39 is 11.7 Å². The predicted molar refractivity (Wildman–Crippen MR) is 77.4 cm³/mol. The van der Waals surface area contributed by atoms with Crippen LogP contribution in [0.3, 0.4) is 0 Å². The second-order valence-electron chi connectivity index (χ2n) is 5.98. The maximum Gasteiger partial charge on any atom is 0.267 e. The van der Waals surface area contributed by atoms with E-state index in [4.69, 9.17) is 9.47 Å². The largest absolute Gasteiger partial charge is 0.482 e. The monoisotopic (exact) mass is 291 g/mol. The maximum absolute atomic E-state index is 12.5. The van der Waals surface area contributed by atoms with E-state index in [1.807, 2.05) is 32.0 Å². The van der Waals surface area contributed by atoms with Crippen LogP contribution in [0.5, 0.6) is 11.5 Å². The molecule has 1 fully saturated rings. The highest BCUT2D eigenvalue weighted by atomic mass is 16.6. The Kier molecular flexibility index (Phi) is 3.53. The van der Waals surface area contributed by atoms with Gasteiger partial charge in [0.05, 0.1) is 18.7 Å². The minimum Gasteiger partial charge on any atom is -0.482 e. The number of benzene rings is 1. The summed E-state index contributed by atoms with van der Waals surface area (Å²) in [7, 11) is 0. The third-order valence-corrected chi connectivity index (χ3v) is 4.08. The Morgan fingerprint density at radius 2 is 1.95 bits per heavy atom. The van der Waals surface area contributed by atoms with Crippen LogP contribution in [0, 0.1) is 0 Å². The number of nitrogens with zero attached hydrogens (tertiary/aromatic N) is 1. The number of carbonyl (C=O) groups excluding carboxylic acids is 1. The van der Waals surface area contributed by atoms with Crippen molar-refractivity contribution in [3.05, 3.63) is 24.3 Å². The number of rotatable bonds is 3. The Balaban J connectivity index is 1.67. The van der Waals surface area contributed by atoms with Crippen LogP contribution in [0.15, 0.2) is 24.3 Å². The highest BCUT2D eigenvalue weighted by Gasteiger charge is 2.47. The van der Waals surface area contributed by atoms with Gasteiger partial charge in [-0.3, -0.25) is 4.79 Å². The molecule has 3 rings (SSSR count). The number of likely N-dealkylation sites (tertiary alicyclic amines) is 1. The molecule has 2 unspecified atom stereocenters. The number of para-hydroxylation sites is 2. The summed E-state index contributed by atoms with van der Waals surface area (Å²) in [6.45, 7) is 4.62. The molecule has 5 heteroatoms. The summed E-state index contributed by atoms with van der Waals surface area (Å²) in [5, 5.41) is 10.2. The number of β-amino-alcohol motifs (C(OH)–C–C–N with tert-alkyl or cyclic N) is 1. The molecule has 0 aliphatic carbocycles. The van der Waals surface area contributed by atoms with E-state index in [0.717, 1.165) is 12.8 Å². The van der Waals surface area contributed by atoms with Crippen LogP contribution in [-0.4, -0.2) is 46.8 Å². The number of fused-ring (bicyclic) bond motifs is 1. The Bertz CT molecular complexity index is 539. The quantitative estimate of drug-likeness (QED) is 0.919. The fourth-order valence-corrected chi connectivity index (χ4v) is 3.01. The second-order valence-corrected chi connectivity index (χ2v) is 5.98. The molecule has 1 aromatic rings. The summed E-state index contributed by atoms with van der Waals surface area (Å²) in [6.07, 6.45) is 0.640. The number of ether oxygens (including phenoxy) is 2. The molecule has 2 heterocycles. The summed E-state index contributed by atoms with van der Waals surface area (Å²) in [4.78, 5) is 14.1. The highest BCUT2D eigenvalue weighted by Crippen LogP contribution is 2.35. The zero-order valence-electron chi connectivity index (χ0n) is 12.4. The van der Waals surface area contributed by atoms with Gasteiger partial charge in [0.2, 0.25) is 6.10 Å². The molecule has 1 aromatic carbocycles. The van der Waals surface area contributed by atoms with Gasteiger partial charge in [-0.2, -0.15) is 0 Å². The second kappa shape index (κ2) is 5.22. The first-order valence-electron chi connectivity index (χ1n) is 7.46. The van der Waals surface area contributed by atoms with Crippen LogP contribution < -0.4 is 9.47 Å². The van der Waals surface area contributed by atoms with Gasteiger partial charge in [0.15, 0.2) is 11.5 Å². The summed E-state index contributed by atoms with van der Waals surface area (Å²) < 4.78 is 11.5. The van der Waals surface area contributed by atoms with Crippen LogP contribution in [-0.2, 0) is 4.79 Å². The van der Waals surface area contributed by atoms with Crippen molar-refractivity contribution in [2.24, 2.45) is 0 Å². The number of aliphatic hydroxyl groups is 1. The lowest BCUT2D eigenvalue weighted by Crippen LogP contribution is -2.66. The van der Waals surface area contributed by atoms with Crippen LogP contribution in [0.1, 0.15) is 26.7 Å². The van der Waals surface area contributed by atoms with Gasteiger partial charge in [0.25, 0.3) is 5.91 Å². The average molecular weight is 291 g/mol. The molecule has 1 amide bonds. The molecule has 1 saturated heterocycles. The van der Waals surface area contributed by atoms with Gasteiger partial charge in [-0.15, -0.1) is 0 Å². The Morgan fingerprint density at radius 1 is 1.33 bits per heavy atom. The highest BCUT2D eigenvalue weighted by molar-refractivity contribution is 5.83. The molecule has 2 atom stereocenters. The zero-order valence-corrected chi connectivity index (χ0v) is 12.4. The van der Waals surface area contributed by atoms with Crippen molar-refractivity contribution in [2.45, 2.75) is 44.5 Å². The van der Waals surface area contributed by atoms with Crippen molar-refractivity contribution in [3.8, 4) is 11.5 Å². The van der Waals surface area contributed by atoms with Crippen molar-refractivity contribution in [1.82, 2.24) is 4.90 Å². The molecule has 0 spiro atoms. The minimum absolute atomic E-state index is 0.113. The van der Waals surface area contributed by atoms with Gasteiger partial charge in [-0.1, -0.05) is 25.5 Å². The molecular formula is C16H21NO4. The molecule has 114 valence electrons. The smallest absolute Gasteiger partial charge is 0.267 e. The molecule has 0 bridgehead atoms. The lowest BCUT2D eigenvalue weighted by atomic mass is 9.88. The van der Waals surface area contributed by atoms with Crippen molar-refractivity contribution in [3.63, 3.8) is 0 Å². The normalized spacial score (nSPS) is 26.1. The van der Waals surface area contributed by atoms with Crippen LogP contribution in [0.25, 0.3) is 0 Å². The standard InChI is InChI=1S/C16H21NO4/c1-3-8-16(19)9-17(10-16)15(18)14-11(2)20-12-6-4-5-7-13(12)21-14/h4-7,11,14,19H,3,8-10H2,1-2H3. The van der Waals surface area contributed by atoms with E-state index in [1.165, 1.54) is 0 Å². The van der Waals surface area contributed by atoms with E-state index in [2.05, 4.69) is 0 Å². The van der Waals surface area contributed by atoms with Gasteiger partial charge < -0.3 is 19.5 Å². The van der Waals surface area contributed by atoms with Crippen LogP contribution in [0.2, 0.25) is 0 Å². The fraction of sp³-hybridized carbons (Fsp3) is 0.562. The first kappa shape index (κ1) is 14.2. The first-order chi connectivity index (χ1) is 10.0. The van der Waals surface area contributed by atoms with Gasteiger partial charge in [-0.25, -0.2) is 0 Å². The molecule has 21 heavy (non-hydrogen) atoms. The van der Waals surface area contributed by atoms with Gasteiger partial charge in [0.1, 0.15) is 6.10 Å². The van der Waals surface area contributed by atoms with E-state index in [1.54, 1.807) is 11.0 Å². The van der Waals surface area contributed by atoms with Crippen LogP contribution in [0.4, 0.5) is 0 Å². The minimum atomic E-state index is -0.721. The third kappa shape index (κ3) is 2.58. The topological polar surface area (TPSA) is 59.0 Å². The number of amides is 1. The van der Waals surface area contributed by atoms with Crippen LogP contribution >= 0.6 is 0 Å². The Hall–Kier alpha value is -1.75. The number of hydrogen-bond donors (Lipinski definition) is 1. The lowest BCUT2D eigenvalue weighted by Gasteiger charge is -2.48. The zero-order chi connectivity index (χ0) is 15.0. The molecular weight excluding hydrogens is 270 g/mol. The van der Waals surface area contributed by atoms with Crippen molar-refractivity contribution in [2.75, 3.05) is 13.1 Å². The predicted octanol–water partition coefficient (Wildman–Crippen LogP) is 1.59. The summed E-state index contributed by atoms with van der Waals surface area (Å²) >= 11 is 0. The van der Waals surface area contributed by atoms with E-state index in [9.17, 15) is 9.90 Å².